The second-order valence-electron chi connectivity index (χ2n) is 29.0. The summed E-state index contributed by atoms with van der Waals surface area (Å²) < 4.78 is 0. The zero-order chi connectivity index (χ0) is 78.3. The summed E-state index contributed by atoms with van der Waals surface area (Å²) in [6, 6.07) is 130. The Bertz CT molecular complexity index is 5250. The highest BCUT2D eigenvalue weighted by Crippen LogP contribution is 2.41. The van der Waals surface area contributed by atoms with E-state index in [0.29, 0.717) is 0 Å². The van der Waals surface area contributed by atoms with Gasteiger partial charge in [0.2, 0.25) is 0 Å². The fourth-order valence-electron chi connectivity index (χ4n) is 13.2. The second kappa shape index (κ2) is 38.2. The standard InChI is InChI=1S/C31H29N.C29H27N.C27H25N.C21H21N/c1-4-5-26-10-12-27(13-11-26)14-15-28-16-22-31(23-17-28)32(29-18-6-24(2)7-19-29)30-20-8-25(3)9-21-30;1-4-5-24-10-12-25(13-11-24)26-14-20-29(21-15-26)30(27-16-6-22(2)7-17-27)28-18-8-23(3)9-19-28;1-20-4-10-23(11-5-20)24-12-18-27(19-13-24)28(25-14-6-21(2)7-15-25)26-16-8-22(3)9-17-26;1-16-4-10-19(11-5-16)22(20-12-6-17(2)7-13-20)21-14-8-18(3)9-15-21/h4-23H,1-3H3;4-21H,1-3H3;4-19H,1-3H3;4-15H,1-3H3/b5-4+,15-14+;5-4+;;. The van der Waals surface area contributed by atoms with Crippen LogP contribution in [0.15, 0.2) is 376 Å². The number of anilines is 12. The predicted molar refractivity (Wildman–Crippen MR) is 488 cm³/mol. The van der Waals surface area contributed by atoms with Crippen molar-refractivity contribution in [2.45, 2.75) is 83.1 Å². The van der Waals surface area contributed by atoms with E-state index in [4.69, 9.17) is 0 Å². The van der Waals surface area contributed by atoms with Crippen LogP contribution < -0.4 is 19.6 Å². The topological polar surface area (TPSA) is 13.0 Å². The minimum Gasteiger partial charge on any atom is -0.311 e. The molecule has 4 heteroatoms. The van der Waals surface area contributed by atoms with Crippen molar-refractivity contribution >= 4 is 92.6 Å². The maximum atomic E-state index is 2.30. The van der Waals surface area contributed by atoms with Gasteiger partial charge in [0.05, 0.1) is 0 Å². The third kappa shape index (κ3) is 21.4. The van der Waals surface area contributed by atoms with Crippen LogP contribution in [0.2, 0.25) is 0 Å². The molecule has 15 rings (SSSR count). The van der Waals surface area contributed by atoms with Gasteiger partial charge in [-0.25, -0.2) is 0 Å². The van der Waals surface area contributed by atoms with Crippen LogP contribution in [0.4, 0.5) is 68.2 Å². The van der Waals surface area contributed by atoms with Gasteiger partial charge in [0.1, 0.15) is 0 Å². The number of hydrogen-bond donors (Lipinski definition) is 0. The zero-order valence-corrected chi connectivity index (χ0v) is 66.9. The molecule has 15 aromatic rings. The van der Waals surface area contributed by atoms with Gasteiger partial charge in [0, 0.05) is 68.2 Å². The molecule has 0 amide bonds. The molecule has 0 heterocycles. The SMILES string of the molecule is C/C=C/c1ccc(-c2ccc(N(c3ccc(C)cc3)c3ccc(C)cc3)cc2)cc1.C/C=C/c1ccc(/C=C/c2ccc(N(c3ccc(C)cc3)c3ccc(C)cc3)cc2)cc1.Cc1ccc(-c2ccc(N(c3ccc(C)cc3)c3ccc(C)cc3)cc2)cc1.Cc1ccc(N(c2ccc(C)cc2)c2ccc(C)cc2)cc1. The number of benzene rings is 15. The maximum Gasteiger partial charge on any atom is 0.0462 e. The molecule has 4 nitrogen and oxygen atoms in total. The van der Waals surface area contributed by atoms with E-state index in [1.54, 1.807) is 0 Å². The molecule has 0 aliphatic heterocycles. The van der Waals surface area contributed by atoms with Crippen LogP contribution in [0.3, 0.4) is 0 Å². The number of allylic oxidation sites excluding steroid dienone is 2. The molecule has 554 valence electrons. The summed E-state index contributed by atoms with van der Waals surface area (Å²) in [6.45, 7) is 25.3. The van der Waals surface area contributed by atoms with Crippen LogP contribution in [-0.4, -0.2) is 0 Å². The Morgan fingerprint density at radius 3 is 0.411 bits per heavy atom. The van der Waals surface area contributed by atoms with E-state index in [-0.39, 0.29) is 0 Å². The predicted octanol–water partition coefficient (Wildman–Crippen LogP) is 31.3. The Hall–Kier alpha value is -13.3. The van der Waals surface area contributed by atoms with Crippen molar-refractivity contribution in [1.82, 2.24) is 0 Å². The Balaban J connectivity index is 0.000000140. The molecule has 0 saturated heterocycles. The Morgan fingerprint density at radius 1 is 0.134 bits per heavy atom. The first kappa shape index (κ1) is 78.3. The van der Waals surface area contributed by atoms with Crippen LogP contribution in [0, 0.1) is 69.2 Å². The Morgan fingerprint density at radius 2 is 0.241 bits per heavy atom. The van der Waals surface area contributed by atoms with Gasteiger partial charge in [0.25, 0.3) is 0 Å². The highest BCUT2D eigenvalue weighted by molar-refractivity contribution is 5.83. The molecule has 0 N–H and O–H groups in total. The lowest BCUT2D eigenvalue weighted by atomic mass is 10.0. The first-order valence-electron chi connectivity index (χ1n) is 38.8. The average Bonchev–Trinajstić information content (AvgIpc) is 0.866. The quantitative estimate of drug-likeness (QED) is 0.0794. The van der Waals surface area contributed by atoms with Gasteiger partial charge < -0.3 is 19.6 Å². The van der Waals surface area contributed by atoms with Gasteiger partial charge in [-0.2, -0.15) is 0 Å². The van der Waals surface area contributed by atoms with E-state index in [1.165, 1.54) is 117 Å². The summed E-state index contributed by atoms with van der Waals surface area (Å²) in [5, 5.41) is 0. The van der Waals surface area contributed by atoms with E-state index in [9.17, 15) is 0 Å². The summed E-state index contributed by atoms with van der Waals surface area (Å²) in [4.78, 5) is 9.19. The van der Waals surface area contributed by atoms with Gasteiger partial charge in [-0.1, -0.05) is 310 Å². The average molecular weight is 1460 g/mol. The van der Waals surface area contributed by atoms with Crippen molar-refractivity contribution in [3.05, 3.63) is 454 Å². The summed E-state index contributed by atoms with van der Waals surface area (Å²) >= 11 is 0. The van der Waals surface area contributed by atoms with Crippen molar-refractivity contribution in [2.24, 2.45) is 0 Å². The fourth-order valence-corrected chi connectivity index (χ4v) is 13.2. The van der Waals surface area contributed by atoms with E-state index in [2.05, 4.69) is 489 Å². The van der Waals surface area contributed by atoms with Crippen LogP contribution >= 0.6 is 0 Å². The third-order valence-corrected chi connectivity index (χ3v) is 19.8. The highest BCUT2D eigenvalue weighted by Gasteiger charge is 2.17. The molecule has 0 radical (unpaired) electrons. The largest absolute Gasteiger partial charge is 0.311 e. The first-order chi connectivity index (χ1) is 54.5. The molecule has 0 atom stereocenters. The lowest BCUT2D eigenvalue weighted by Gasteiger charge is -2.26. The number of nitrogens with zero attached hydrogens (tertiary/aromatic N) is 4. The minimum absolute atomic E-state index is 1.14. The number of rotatable bonds is 18. The summed E-state index contributed by atoms with van der Waals surface area (Å²) in [6.07, 6.45) is 12.7. The van der Waals surface area contributed by atoms with Crippen LogP contribution in [-0.2, 0) is 0 Å². The molecular formula is C108H102N4. The lowest BCUT2D eigenvalue weighted by molar-refractivity contribution is 1.26. The van der Waals surface area contributed by atoms with E-state index < -0.39 is 0 Å². The van der Waals surface area contributed by atoms with Crippen LogP contribution in [0.5, 0.6) is 0 Å². The molecular weight excluding hydrogens is 1350 g/mol. The molecule has 0 aromatic heterocycles. The van der Waals surface area contributed by atoms with Crippen molar-refractivity contribution in [3.63, 3.8) is 0 Å². The molecule has 15 aromatic carbocycles. The van der Waals surface area contributed by atoms with Crippen molar-refractivity contribution in [1.29, 1.82) is 0 Å². The molecule has 0 unspecified atom stereocenters. The third-order valence-electron chi connectivity index (χ3n) is 19.8. The van der Waals surface area contributed by atoms with Crippen LogP contribution in [0.1, 0.15) is 91.7 Å². The summed E-state index contributed by atoms with van der Waals surface area (Å²) in [7, 11) is 0. The van der Waals surface area contributed by atoms with Gasteiger partial charge in [-0.3, -0.25) is 0 Å². The molecule has 112 heavy (non-hydrogen) atoms. The van der Waals surface area contributed by atoms with Crippen molar-refractivity contribution in [3.8, 4) is 22.3 Å². The smallest absolute Gasteiger partial charge is 0.0462 e. The fraction of sp³-hybridized carbons (Fsp3) is 0.111. The molecule has 0 spiro atoms. The van der Waals surface area contributed by atoms with E-state index >= 15 is 0 Å². The normalized spacial score (nSPS) is 10.9. The molecule has 0 saturated carbocycles. The van der Waals surface area contributed by atoms with Gasteiger partial charge >= 0.3 is 0 Å². The summed E-state index contributed by atoms with van der Waals surface area (Å²) in [5.74, 6) is 0. The Kier molecular flexibility index (Phi) is 26.7. The molecule has 0 aliphatic rings. The zero-order valence-electron chi connectivity index (χ0n) is 66.9. The van der Waals surface area contributed by atoms with Crippen LogP contribution in [0.25, 0.3) is 46.6 Å². The van der Waals surface area contributed by atoms with Gasteiger partial charge in [-0.05, 0) is 273 Å². The minimum atomic E-state index is 1.14. The second-order valence-corrected chi connectivity index (χ2v) is 29.0. The Labute approximate surface area is 667 Å². The highest BCUT2D eigenvalue weighted by atomic mass is 15.2. The summed E-state index contributed by atoms with van der Waals surface area (Å²) in [5.41, 5.74) is 36.4. The van der Waals surface area contributed by atoms with E-state index in [0.717, 1.165) is 51.2 Å². The molecule has 0 bridgehead atoms. The first-order valence-corrected chi connectivity index (χ1v) is 38.8. The monoisotopic (exact) mass is 1450 g/mol. The lowest BCUT2D eigenvalue weighted by Crippen LogP contribution is -2.09. The number of aryl methyl sites for hydroxylation is 10. The van der Waals surface area contributed by atoms with Crippen molar-refractivity contribution in [2.75, 3.05) is 19.6 Å². The molecule has 0 aliphatic carbocycles. The van der Waals surface area contributed by atoms with Gasteiger partial charge in [-0.15, -0.1) is 0 Å². The number of hydrogen-bond acceptors (Lipinski definition) is 4. The van der Waals surface area contributed by atoms with E-state index in [1.807, 2.05) is 13.8 Å². The van der Waals surface area contributed by atoms with Gasteiger partial charge in [0.15, 0.2) is 0 Å². The molecule has 0 fully saturated rings. The maximum absolute atomic E-state index is 2.30. The van der Waals surface area contributed by atoms with Crippen molar-refractivity contribution < 1.29 is 0 Å².